The lowest BCUT2D eigenvalue weighted by Crippen LogP contribution is -2.40. The number of rotatable bonds is 2. The maximum atomic E-state index is 11.5. The van der Waals surface area contributed by atoms with Crippen LogP contribution < -0.4 is 5.73 Å². The van der Waals surface area contributed by atoms with Crippen molar-refractivity contribution in [2.75, 3.05) is 6.61 Å². The lowest BCUT2D eigenvalue weighted by atomic mass is 9.88. The van der Waals surface area contributed by atoms with Gasteiger partial charge in [0, 0.05) is 6.04 Å². The molecule has 0 rings (SSSR count). The van der Waals surface area contributed by atoms with E-state index in [4.69, 9.17) is 5.73 Å². The van der Waals surface area contributed by atoms with Crippen molar-refractivity contribution in [3.8, 4) is 0 Å². The highest BCUT2D eigenvalue weighted by Crippen LogP contribution is 2.21. The standard InChI is InChI=1S/C7H14F3NO/c1-6(2,3)5(11)4-12-7(8,9)10/h5H,4,11H2,1-3H3. The SMILES string of the molecule is CC(C)(C)C(N)COC(F)(F)F. The second-order valence-electron chi connectivity index (χ2n) is 3.73. The van der Waals surface area contributed by atoms with Gasteiger partial charge >= 0.3 is 6.36 Å². The first kappa shape index (κ1) is 11.7. The molecule has 0 radical (unpaired) electrons. The molecule has 0 fully saturated rings. The van der Waals surface area contributed by atoms with Gasteiger partial charge in [-0.1, -0.05) is 20.8 Å². The van der Waals surface area contributed by atoms with Crippen molar-refractivity contribution in [3.63, 3.8) is 0 Å². The van der Waals surface area contributed by atoms with E-state index in [-0.39, 0.29) is 5.41 Å². The molecule has 0 spiro atoms. The minimum atomic E-state index is -4.58. The van der Waals surface area contributed by atoms with Gasteiger partial charge in [0.25, 0.3) is 0 Å². The normalized spacial score (nSPS) is 16.2. The number of ether oxygens (including phenoxy) is 1. The molecular formula is C7H14F3NO. The van der Waals surface area contributed by atoms with Crippen molar-refractivity contribution >= 4 is 0 Å². The van der Waals surface area contributed by atoms with Crippen molar-refractivity contribution in [2.45, 2.75) is 33.2 Å². The van der Waals surface area contributed by atoms with Crippen molar-refractivity contribution in [1.82, 2.24) is 0 Å². The van der Waals surface area contributed by atoms with E-state index in [0.717, 1.165) is 0 Å². The lowest BCUT2D eigenvalue weighted by molar-refractivity contribution is -0.327. The molecule has 74 valence electrons. The summed E-state index contributed by atoms with van der Waals surface area (Å²) in [6, 6.07) is -0.612. The van der Waals surface area contributed by atoms with Crippen LogP contribution in [0.1, 0.15) is 20.8 Å². The smallest absolute Gasteiger partial charge is 0.325 e. The number of halogens is 3. The number of hydrogen-bond donors (Lipinski definition) is 1. The van der Waals surface area contributed by atoms with Gasteiger partial charge in [0.15, 0.2) is 0 Å². The summed E-state index contributed by atoms with van der Waals surface area (Å²) >= 11 is 0. The summed E-state index contributed by atoms with van der Waals surface area (Å²) in [6.45, 7) is 4.79. The molecule has 0 saturated heterocycles. The fraction of sp³-hybridized carbons (Fsp3) is 1.00. The highest BCUT2D eigenvalue weighted by atomic mass is 19.4. The van der Waals surface area contributed by atoms with Crippen LogP contribution in [0.3, 0.4) is 0 Å². The molecule has 0 aliphatic carbocycles. The Balaban J connectivity index is 3.80. The molecule has 0 aliphatic heterocycles. The van der Waals surface area contributed by atoms with Gasteiger partial charge in [-0.3, -0.25) is 4.74 Å². The van der Waals surface area contributed by atoms with Crippen molar-refractivity contribution in [2.24, 2.45) is 11.1 Å². The molecule has 0 bridgehead atoms. The van der Waals surface area contributed by atoms with Crippen LogP contribution in [0, 0.1) is 5.41 Å². The third kappa shape index (κ3) is 5.37. The zero-order valence-electron chi connectivity index (χ0n) is 7.40. The average molecular weight is 185 g/mol. The van der Waals surface area contributed by atoms with Crippen LogP contribution in [0.2, 0.25) is 0 Å². The number of nitrogens with two attached hydrogens (primary N) is 1. The van der Waals surface area contributed by atoms with Gasteiger partial charge in [0.05, 0.1) is 6.61 Å². The minimum Gasteiger partial charge on any atom is -0.325 e. The molecular weight excluding hydrogens is 171 g/mol. The van der Waals surface area contributed by atoms with E-state index in [0.29, 0.717) is 0 Å². The van der Waals surface area contributed by atoms with Gasteiger partial charge < -0.3 is 5.73 Å². The minimum absolute atomic E-state index is 0.370. The summed E-state index contributed by atoms with van der Waals surface area (Å²) in [5.74, 6) is 0. The first-order chi connectivity index (χ1) is 5.13. The zero-order valence-corrected chi connectivity index (χ0v) is 7.40. The molecule has 1 atom stereocenters. The monoisotopic (exact) mass is 185 g/mol. The summed E-state index contributed by atoms with van der Waals surface area (Å²) < 4.78 is 38.2. The van der Waals surface area contributed by atoms with Gasteiger partial charge in [0.2, 0.25) is 0 Å². The Kier molecular flexibility index (Phi) is 3.53. The highest BCUT2D eigenvalue weighted by molar-refractivity contribution is 4.76. The Morgan fingerprint density at radius 3 is 1.92 bits per heavy atom. The predicted octanol–water partition coefficient (Wildman–Crippen LogP) is 1.90. The first-order valence-electron chi connectivity index (χ1n) is 3.59. The second-order valence-corrected chi connectivity index (χ2v) is 3.73. The van der Waals surface area contributed by atoms with Gasteiger partial charge in [-0.25, -0.2) is 0 Å². The highest BCUT2D eigenvalue weighted by Gasteiger charge is 2.32. The molecule has 0 aromatic carbocycles. The predicted molar refractivity (Wildman–Crippen MR) is 39.4 cm³/mol. The molecule has 0 aliphatic rings. The van der Waals surface area contributed by atoms with E-state index in [1.807, 2.05) is 0 Å². The van der Waals surface area contributed by atoms with Crippen LogP contribution in [0.25, 0.3) is 0 Å². The molecule has 0 amide bonds. The van der Waals surface area contributed by atoms with E-state index in [1.54, 1.807) is 20.8 Å². The third-order valence-corrected chi connectivity index (χ3v) is 1.54. The molecule has 1 unspecified atom stereocenters. The maximum Gasteiger partial charge on any atom is 0.522 e. The Morgan fingerprint density at radius 1 is 1.25 bits per heavy atom. The van der Waals surface area contributed by atoms with E-state index in [9.17, 15) is 13.2 Å². The topological polar surface area (TPSA) is 35.2 Å². The molecule has 2 N–H and O–H groups in total. The fourth-order valence-corrected chi connectivity index (χ4v) is 0.434. The van der Waals surface area contributed by atoms with E-state index in [1.165, 1.54) is 0 Å². The number of alkyl halides is 3. The largest absolute Gasteiger partial charge is 0.522 e. The van der Waals surface area contributed by atoms with Gasteiger partial charge in [-0.2, -0.15) is 0 Å². The summed E-state index contributed by atoms with van der Waals surface area (Å²) in [6.07, 6.45) is -4.58. The van der Waals surface area contributed by atoms with Crippen LogP contribution in [0.5, 0.6) is 0 Å². The molecule has 0 heterocycles. The van der Waals surface area contributed by atoms with Crippen LogP contribution in [0.15, 0.2) is 0 Å². The van der Waals surface area contributed by atoms with Gasteiger partial charge in [0.1, 0.15) is 0 Å². The quantitative estimate of drug-likeness (QED) is 0.713. The molecule has 0 aromatic rings. The van der Waals surface area contributed by atoms with Crippen LogP contribution in [0.4, 0.5) is 13.2 Å². The van der Waals surface area contributed by atoms with Crippen LogP contribution >= 0.6 is 0 Å². The van der Waals surface area contributed by atoms with Crippen LogP contribution in [-0.2, 0) is 4.74 Å². The Hall–Kier alpha value is -0.290. The molecule has 2 nitrogen and oxygen atoms in total. The van der Waals surface area contributed by atoms with E-state index < -0.39 is 19.0 Å². The summed E-state index contributed by atoms with van der Waals surface area (Å²) in [7, 11) is 0. The third-order valence-electron chi connectivity index (χ3n) is 1.54. The zero-order chi connectivity index (χ0) is 9.99. The molecule has 0 saturated carbocycles. The van der Waals surface area contributed by atoms with Crippen molar-refractivity contribution < 1.29 is 17.9 Å². The van der Waals surface area contributed by atoms with Gasteiger partial charge in [-0.15, -0.1) is 13.2 Å². The number of hydrogen-bond acceptors (Lipinski definition) is 2. The van der Waals surface area contributed by atoms with Crippen LogP contribution in [-0.4, -0.2) is 19.0 Å². The first-order valence-corrected chi connectivity index (χ1v) is 3.59. The summed E-state index contributed by atoms with van der Waals surface area (Å²) in [5.41, 5.74) is 5.06. The second kappa shape index (κ2) is 3.62. The molecule has 12 heavy (non-hydrogen) atoms. The lowest BCUT2D eigenvalue weighted by Gasteiger charge is -2.26. The Labute approximate surface area is 69.9 Å². The van der Waals surface area contributed by atoms with Crippen molar-refractivity contribution in [1.29, 1.82) is 0 Å². The molecule has 0 aromatic heterocycles. The average Bonchev–Trinajstić information content (AvgIpc) is 1.78. The Morgan fingerprint density at radius 2 is 1.67 bits per heavy atom. The van der Waals surface area contributed by atoms with E-state index >= 15 is 0 Å². The Bertz CT molecular complexity index is 139. The summed E-state index contributed by atoms with van der Waals surface area (Å²) in [5, 5.41) is 0. The van der Waals surface area contributed by atoms with Crippen molar-refractivity contribution in [3.05, 3.63) is 0 Å². The van der Waals surface area contributed by atoms with E-state index in [2.05, 4.69) is 4.74 Å². The molecule has 5 heteroatoms. The summed E-state index contributed by atoms with van der Waals surface area (Å²) in [4.78, 5) is 0. The van der Waals surface area contributed by atoms with Gasteiger partial charge in [-0.05, 0) is 5.41 Å². The fourth-order valence-electron chi connectivity index (χ4n) is 0.434. The maximum absolute atomic E-state index is 11.5.